The highest BCUT2D eigenvalue weighted by Gasteiger charge is 2.49. The van der Waals surface area contributed by atoms with Gasteiger partial charge < -0.3 is 9.88 Å². The maximum Gasteiger partial charge on any atom is 0.416 e. The van der Waals surface area contributed by atoms with Crippen LogP contribution in [0.3, 0.4) is 0 Å². The van der Waals surface area contributed by atoms with Crippen LogP contribution in [0.15, 0.2) is 30.6 Å². The van der Waals surface area contributed by atoms with E-state index in [4.69, 9.17) is 5.26 Å². The number of likely N-dealkylation sites (tertiary alicyclic amines) is 1. The lowest BCUT2D eigenvalue weighted by atomic mass is 9.58. The van der Waals surface area contributed by atoms with E-state index in [1.807, 2.05) is 23.7 Å². The number of carbonyl (C=O) groups excluding carboxylic acids is 1. The van der Waals surface area contributed by atoms with Gasteiger partial charge in [-0.1, -0.05) is 13.3 Å². The third-order valence-corrected chi connectivity index (χ3v) is 8.98. The van der Waals surface area contributed by atoms with Crippen molar-refractivity contribution in [2.45, 2.75) is 70.1 Å². The fraction of sp³-hybridized carbons (Fsp3) is 0.516. The number of benzene rings is 1. The van der Waals surface area contributed by atoms with Gasteiger partial charge in [-0.3, -0.25) is 14.6 Å². The van der Waals surface area contributed by atoms with Crippen LogP contribution >= 0.6 is 0 Å². The van der Waals surface area contributed by atoms with Gasteiger partial charge in [0.1, 0.15) is 23.8 Å². The van der Waals surface area contributed by atoms with Gasteiger partial charge in [0.2, 0.25) is 0 Å². The largest absolute Gasteiger partial charge is 0.416 e. The number of aromatic nitrogens is 4. The van der Waals surface area contributed by atoms with Crippen molar-refractivity contribution in [3.8, 4) is 6.07 Å². The van der Waals surface area contributed by atoms with Crippen molar-refractivity contribution >= 4 is 17.5 Å². The van der Waals surface area contributed by atoms with Crippen molar-refractivity contribution in [1.82, 2.24) is 24.6 Å². The van der Waals surface area contributed by atoms with E-state index in [2.05, 4.69) is 38.4 Å². The lowest BCUT2D eigenvalue weighted by Gasteiger charge is -2.46. The number of aryl methyl sites for hydroxylation is 1. The summed E-state index contributed by atoms with van der Waals surface area (Å²) >= 11 is 0. The molecule has 9 nitrogen and oxygen atoms in total. The van der Waals surface area contributed by atoms with Crippen LogP contribution in [0.4, 0.5) is 24.8 Å². The number of piperidine rings is 1. The van der Waals surface area contributed by atoms with E-state index < -0.39 is 23.1 Å². The number of halogens is 3. The Labute approximate surface area is 250 Å². The van der Waals surface area contributed by atoms with E-state index in [0.717, 1.165) is 56.6 Å². The van der Waals surface area contributed by atoms with E-state index in [1.54, 1.807) is 12.4 Å². The minimum Gasteiger partial charge on any atom is -0.369 e. The normalized spacial score (nSPS) is 22.3. The average molecular weight is 595 g/mol. The van der Waals surface area contributed by atoms with Crippen LogP contribution in [-0.4, -0.2) is 50.2 Å². The number of carbonyl (C=O) groups is 1. The van der Waals surface area contributed by atoms with Crippen molar-refractivity contribution in [2.75, 3.05) is 29.9 Å². The Balaban J connectivity index is 0.00000384. The molecule has 3 aromatic rings. The van der Waals surface area contributed by atoms with Crippen LogP contribution in [0, 0.1) is 17.2 Å². The highest BCUT2D eigenvalue weighted by atomic mass is 19.4. The van der Waals surface area contributed by atoms with Crippen LogP contribution in [-0.2, 0) is 31.7 Å². The molecule has 1 amide bonds. The number of nitrogens with one attached hydrogen (secondary N) is 1. The number of fused-ring (bicyclic) bond motifs is 1. The number of pyridine rings is 1. The number of nitriles is 1. The molecule has 2 aliphatic heterocycles. The molecule has 12 heteroatoms. The van der Waals surface area contributed by atoms with Gasteiger partial charge in [0.05, 0.1) is 30.0 Å². The second kappa shape index (κ2) is 11.3. The number of hydrogen-bond acceptors (Lipinski definition) is 7. The van der Waals surface area contributed by atoms with Gasteiger partial charge in [0.15, 0.2) is 0 Å². The standard InChI is InChI=1S/C31H35F3N8O.H2/c1-20-15-30(16-20,29-39-37-19-40(29)2)22-13-26(36-8-6-7-35)38-27(14-22)42-18-24-23(28(42)43)11-21(12-25(24)31(32,33)34)17-41-9-4-3-5-10-41;/h11-14,19-20H,3-6,8-10,15-18H2,1-2H3,(H,36,38);1H. The van der Waals surface area contributed by atoms with E-state index in [9.17, 15) is 18.0 Å². The Morgan fingerprint density at radius 3 is 2.58 bits per heavy atom. The molecular weight excluding hydrogens is 557 g/mol. The molecule has 2 aromatic heterocycles. The second-order valence-corrected chi connectivity index (χ2v) is 12.2. The zero-order valence-electron chi connectivity index (χ0n) is 24.4. The third-order valence-electron chi connectivity index (χ3n) is 8.98. The van der Waals surface area contributed by atoms with Crippen molar-refractivity contribution in [2.24, 2.45) is 13.0 Å². The molecule has 1 aliphatic carbocycles. The summed E-state index contributed by atoms with van der Waals surface area (Å²) in [5.41, 5.74) is 0.159. The van der Waals surface area contributed by atoms with Crippen molar-refractivity contribution < 1.29 is 19.4 Å². The number of rotatable bonds is 8. The van der Waals surface area contributed by atoms with Gasteiger partial charge in [-0.15, -0.1) is 10.2 Å². The van der Waals surface area contributed by atoms with Crippen LogP contribution in [0.5, 0.6) is 0 Å². The van der Waals surface area contributed by atoms with Crippen molar-refractivity contribution in [3.63, 3.8) is 0 Å². The Morgan fingerprint density at radius 2 is 1.93 bits per heavy atom. The quantitative estimate of drug-likeness (QED) is 0.336. The van der Waals surface area contributed by atoms with Gasteiger partial charge in [-0.25, -0.2) is 4.98 Å². The molecule has 4 heterocycles. The SMILES string of the molecule is CC1CC(c2cc(NCCC#N)nc(N3Cc4c(cc(CN5CCCCC5)cc4C(F)(F)F)C3=O)c2)(c2nncn2C)C1.[HH]. The first kappa shape index (κ1) is 29.1. The molecule has 0 radical (unpaired) electrons. The van der Waals surface area contributed by atoms with Crippen molar-refractivity contribution in [3.05, 3.63) is 64.2 Å². The molecule has 1 aromatic carbocycles. The lowest BCUT2D eigenvalue weighted by molar-refractivity contribution is -0.138. The van der Waals surface area contributed by atoms with Gasteiger partial charge >= 0.3 is 6.18 Å². The zero-order chi connectivity index (χ0) is 30.4. The molecular formula is C31H37F3N8O. The van der Waals surface area contributed by atoms with Crippen LogP contribution < -0.4 is 10.2 Å². The third kappa shape index (κ3) is 5.46. The number of hydrogen-bond donors (Lipinski definition) is 1. The molecule has 1 saturated carbocycles. The Morgan fingerprint density at radius 1 is 1.16 bits per heavy atom. The van der Waals surface area contributed by atoms with Crippen LogP contribution in [0.1, 0.15) is 85.3 Å². The maximum absolute atomic E-state index is 14.4. The first-order valence-corrected chi connectivity index (χ1v) is 14.8. The molecule has 0 spiro atoms. The number of alkyl halides is 3. The first-order valence-electron chi connectivity index (χ1n) is 14.8. The molecule has 2 fully saturated rings. The zero-order valence-corrected chi connectivity index (χ0v) is 24.4. The molecule has 6 rings (SSSR count). The Kier molecular flexibility index (Phi) is 7.62. The minimum atomic E-state index is -4.60. The number of nitrogens with zero attached hydrogens (tertiary/aromatic N) is 7. The number of anilines is 2. The fourth-order valence-electron chi connectivity index (χ4n) is 7.03. The molecule has 3 aliphatic rings. The average Bonchev–Trinajstić information content (AvgIpc) is 3.54. The van der Waals surface area contributed by atoms with Crippen LogP contribution in [0.25, 0.3) is 0 Å². The summed E-state index contributed by atoms with van der Waals surface area (Å²) in [5.74, 6) is 1.43. The highest BCUT2D eigenvalue weighted by Crippen LogP contribution is 2.52. The molecule has 1 saturated heterocycles. The molecule has 0 bridgehead atoms. The van der Waals surface area contributed by atoms with Gasteiger partial charge in [-0.05, 0) is 85.6 Å². The van der Waals surface area contributed by atoms with Gasteiger partial charge in [0, 0.05) is 27.1 Å². The topological polar surface area (TPSA) is 103 Å². The summed E-state index contributed by atoms with van der Waals surface area (Å²) in [6.07, 6.45) is 2.05. The summed E-state index contributed by atoms with van der Waals surface area (Å²) in [6, 6.07) is 8.64. The van der Waals surface area contributed by atoms with E-state index >= 15 is 0 Å². The highest BCUT2D eigenvalue weighted by molar-refractivity contribution is 6.10. The van der Waals surface area contributed by atoms with E-state index in [-0.39, 0.29) is 31.3 Å². The van der Waals surface area contributed by atoms with E-state index in [1.165, 1.54) is 11.0 Å². The summed E-state index contributed by atoms with van der Waals surface area (Å²) in [7, 11) is 1.88. The van der Waals surface area contributed by atoms with Gasteiger partial charge in [0.25, 0.3) is 5.91 Å². The van der Waals surface area contributed by atoms with Gasteiger partial charge in [-0.2, -0.15) is 18.4 Å². The Hall–Kier alpha value is -3.98. The molecule has 0 unspecified atom stereocenters. The molecule has 1 N–H and O–H groups in total. The molecule has 43 heavy (non-hydrogen) atoms. The maximum atomic E-state index is 14.4. The predicted molar refractivity (Wildman–Crippen MR) is 156 cm³/mol. The smallest absolute Gasteiger partial charge is 0.369 e. The predicted octanol–water partition coefficient (Wildman–Crippen LogP) is 5.66. The second-order valence-electron chi connectivity index (χ2n) is 12.2. The summed E-state index contributed by atoms with van der Waals surface area (Å²) < 4.78 is 45.1. The van der Waals surface area contributed by atoms with Crippen LogP contribution in [0.2, 0.25) is 0 Å². The summed E-state index contributed by atoms with van der Waals surface area (Å²) in [6.45, 7) is 4.32. The summed E-state index contributed by atoms with van der Waals surface area (Å²) in [5, 5.41) is 20.7. The lowest BCUT2D eigenvalue weighted by Crippen LogP contribution is -2.43. The van der Waals surface area contributed by atoms with Crippen molar-refractivity contribution in [1.29, 1.82) is 5.26 Å². The first-order chi connectivity index (χ1) is 20.6. The monoisotopic (exact) mass is 594 g/mol. The molecule has 0 atom stereocenters. The van der Waals surface area contributed by atoms with E-state index in [0.29, 0.717) is 30.4 Å². The minimum absolute atomic E-state index is 0. The summed E-state index contributed by atoms with van der Waals surface area (Å²) in [4.78, 5) is 22.1. The fourth-order valence-corrected chi connectivity index (χ4v) is 7.03. The number of amides is 1. The Bertz CT molecular complexity index is 1570. The molecule has 228 valence electrons.